The van der Waals surface area contributed by atoms with Crippen LogP contribution in [0.2, 0.25) is 0 Å². The maximum atomic E-state index is 12.8. The Labute approximate surface area is 165 Å². The van der Waals surface area contributed by atoms with Gasteiger partial charge in [0.15, 0.2) is 11.6 Å². The molecule has 1 unspecified atom stereocenters. The normalized spacial score (nSPS) is 18.1. The number of hydrogen-bond acceptors (Lipinski definition) is 7. The van der Waals surface area contributed by atoms with Gasteiger partial charge < -0.3 is 5.32 Å². The van der Waals surface area contributed by atoms with Gasteiger partial charge in [-0.3, -0.25) is 19.9 Å². The van der Waals surface area contributed by atoms with Crippen molar-refractivity contribution in [1.29, 1.82) is 0 Å². The van der Waals surface area contributed by atoms with Crippen molar-refractivity contribution < 1.29 is 9.72 Å². The maximum Gasteiger partial charge on any atom is 0.269 e. The number of carbonyl (C=O) groups is 1. The van der Waals surface area contributed by atoms with Crippen molar-refractivity contribution in [2.24, 2.45) is 0 Å². The van der Waals surface area contributed by atoms with Crippen molar-refractivity contribution in [2.75, 3.05) is 5.32 Å². The van der Waals surface area contributed by atoms with Crippen molar-refractivity contribution in [1.82, 2.24) is 19.7 Å². The molecule has 1 aromatic carbocycles. The molecule has 0 saturated heterocycles. The molecule has 2 aromatic heterocycles. The van der Waals surface area contributed by atoms with Crippen LogP contribution in [0.3, 0.4) is 0 Å². The van der Waals surface area contributed by atoms with E-state index in [0.717, 1.165) is 24.1 Å². The molecular formula is C20H16N6O3. The number of ketones is 1. The summed E-state index contributed by atoms with van der Waals surface area (Å²) in [5, 5.41) is 19.2. The number of fused-ring (bicyclic) bond motifs is 1. The molecule has 1 aliphatic carbocycles. The Morgan fingerprint density at radius 2 is 2.10 bits per heavy atom. The van der Waals surface area contributed by atoms with Gasteiger partial charge in [0.1, 0.15) is 6.04 Å². The molecular weight excluding hydrogens is 372 g/mol. The van der Waals surface area contributed by atoms with Crippen LogP contribution in [0.5, 0.6) is 0 Å². The number of allylic oxidation sites excluding steroid dienone is 2. The Hall–Kier alpha value is -3.88. The van der Waals surface area contributed by atoms with Gasteiger partial charge >= 0.3 is 0 Å². The molecule has 9 nitrogen and oxygen atoms in total. The van der Waals surface area contributed by atoms with Crippen LogP contribution in [0.15, 0.2) is 60.1 Å². The van der Waals surface area contributed by atoms with Gasteiger partial charge in [-0.15, -0.1) is 5.10 Å². The number of anilines is 1. The minimum atomic E-state index is -0.563. The lowest BCUT2D eigenvalue weighted by atomic mass is 9.85. The molecule has 3 heterocycles. The zero-order chi connectivity index (χ0) is 20.0. The molecule has 0 spiro atoms. The summed E-state index contributed by atoms with van der Waals surface area (Å²) in [5.41, 5.74) is 2.77. The summed E-state index contributed by atoms with van der Waals surface area (Å²) in [6.45, 7) is 0. The molecule has 0 saturated carbocycles. The maximum absolute atomic E-state index is 12.8. The van der Waals surface area contributed by atoms with Crippen molar-refractivity contribution in [3.05, 3.63) is 75.7 Å². The first-order valence-corrected chi connectivity index (χ1v) is 9.26. The third kappa shape index (κ3) is 2.87. The van der Waals surface area contributed by atoms with Gasteiger partial charge in [0.05, 0.1) is 4.92 Å². The number of aromatic nitrogens is 4. The molecule has 0 fully saturated rings. The van der Waals surface area contributed by atoms with Crippen LogP contribution in [0, 0.1) is 10.1 Å². The van der Waals surface area contributed by atoms with E-state index in [9.17, 15) is 14.9 Å². The van der Waals surface area contributed by atoms with Gasteiger partial charge in [-0.2, -0.15) is 4.98 Å². The smallest absolute Gasteiger partial charge is 0.269 e. The first-order valence-electron chi connectivity index (χ1n) is 9.26. The standard InChI is InChI=1S/C20H16N6O3/c27-16-8-2-7-15-17(16)18(12-4-1-6-14(10-12)26(28)29)25-20(22-15)23-19(24-25)13-5-3-9-21-11-13/h1,3-6,9-11,18H,2,7-8H2,(H,22,23,24). The van der Waals surface area contributed by atoms with Crippen LogP contribution >= 0.6 is 0 Å². The number of hydrogen-bond donors (Lipinski definition) is 1. The van der Waals surface area contributed by atoms with Crippen molar-refractivity contribution in [3.63, 3.8) is 0 Å². The minimum Gasteiger partial charge on any atom is -0.328 e. The van der Waals surface area contributed by atoms with E-state index in [1.807, 2.05) is 6.07 Å². The van der Waals surface area contributed by atoms with Gasteiger partial charge in [0.25, 0.3) is 5.69 Å². The number of nitrogens with zero attached hydrogens (tertiary/aromatic N) is 5. The molecule has 5 rings (SSSR count). The summed E-state index contributed by atoms with van der Waals surface area (Å²) >= 11 is 0. The van der Waals surface area contributed by atoms with Gasteiger partial charge in [0.2, 0.25) is 5.95 Å². The highest BCUT2D eigenvalue weighted by Gasteiger charge is 2.37. The van der Waals surface area contributed by atoms with Crippen LogP contribution in [-0.4, -0.2) is 30.5 Å². The lowest BCUT2D eigenvalue weighted by molar-refractivity contribution is -0.384. The molecule has 29 heavy (non-hydrogen) atoms. The van der Waals surface area contributed by atoms with Crippen LogP contribution in [-0.2, 0) is 4.79 Å². The van der Waals surface area contributed by atoms with E-state index in [2.05, 4.69) is 20.4 Å². The van der Waals surface area contributed by atoms with E-state index >= 15 is 0 Å². The molecule has 2 aliphatic rings. The fourth-order valence-electron chi connectivity index (χ4n) is 3.89. The average Bonchev–Trinajstić information content (AvgIpc) is 3.17. The summed E-state index contributed by atoms with van der Waals surface area (Å²) in [6, 6.07) is 9.44. The van der Waals surface area contributed by atoms with Crippen LogP contribution in [0.1, 0.15) is 30.9 Å². The van der Waals surface area contributed by atoms with Crippen molar-refractivity contribution in [3.8, 4) is 11.4 Å². The Kier molecular flexibility index (Phi) is 3.94. The van der Waals surface area contributed by atoms with Gasteiger partial charge in [-0.1, -0.05) is 12.1 Å². The zero-order valence-corrected chi connectivity index (χ0v) is 15.3. The number of non-ortho nitro benzene ring substituents is 1. The highest BCUT2D eigenvalue weighted by atomic mass is 16.6. The lowest BCUT2D eigenvalue weighted by Gasteiger charge is -2.32. The second kappa shape index (κ2) is 6.62. The van der Waals surface area contributed by atoms with E-state index in [-0.39, 0.29) is 11.5 Å². The Morgan fingerprint density at radius 1 is 1.21 bits per heavy atom. The highest BCUT2D eigenvalue weighted by Crippen LogP contribution is 2.41. The Bertz CT molecular complexity index is 1170. The van der Waals surface area contributed by atoms with Crippen LogP contribution in [0.25, 0.3) is 11.4 Å². The quantitative estimate of drug-likeness (QED) is 0.541. The third-order valence-electron chi connectivity index (χ3n) is 5.18. The Morgan fingerprint density at radius 3 is 2.90 bits per heavy atom. The van der Waals surface area contributed by atoms with Gasteiger partial charge in [-0.25, -0.2) is 4.68 Å². The minimum absolute atomic E-state index is 0.0272. The molecule has 0 bridgehead atoms. The molecule has 144 valence electrons. The van der Waals surface area contributed by atoms with E-state index in [1.165, 1.54) is 12.1 Å². The highest BCUT2D eigenvalue weighted by molar-refractivity contribution is 5.99. The SMILES string of the molecule is O=C1CCCC2=C1C(c1cccc([N+](=O)[O-])c1)n1nc(-c3cccnc3)nc1N2. The Balaban J connectivity index is 1.69. The molecule has 0 amide bonds. The fourth-order valence-corrected chi connectivity index (χ4v) is 3.89. The summed E-state index contributed by atoms with van der Waals surface area (Å²) in [4.78, 5) is 32.4. The summed E-state index contributed by atoms with van der Waals surface area (Å²) in [7, 11) is 0. The molecule has 3 aromatic rings. The summed E-state index contributed by atoms with van der Waals surface area (Å²) in [5.74, 6) is 1.01. The first-order chi connectivity index (χ1) is 14.1. The summed E-state index contributed by atoms with van der Waals surface area (Å²) < 4.78 is 1.64. The van der Waals surface area contributed by atoms with E-state index in [4.69, 9.17) is 0 Å². The second-order valence-corrected chi connectivity index (χ2v) is 6.99. The van der Waals surface area contributed by atoms with Crippen LogP contribution in [0.4, 0.5) is 11.6 Å². The van der Waals surface area contributed by atoms with Gasteiger partial charge in [-0.05, 0) is 30.5 Å². The zero-order valence-electron chi connectivity index (χ0n) is 15.3. The number of rotatable bonds is 3. The topological polar surface area (TPSA) is 116 Å². The molecule has 1 N–H and O–H groups in total. The number of nitro groups is 1. The van der Waals surface area contributed by atoms with Crippen molar-refractivity contribution in [2.45, 2.75) is 25.3 Å². The fraction of sp³-hybridized carbons (Fsp3) is 0.200. The third-order valence-corrected chi connectivity index (χ3v) is 5.18. The van der Waals surface area contributed by atoms with E-state index in [0.29, 0.717) is 29.3 Å². The first kappa shape index (κ1) is 17.2. The number of nitro benzene ring substituents is 1. The van der Waals surface area contributed by atoms with E-state index < -0.39 is 11.0 Å². The number of nitrogens with one attached hydrogen (secondary N) is 1. The predicted molar refractivity (Wildman–Crippen MR) is 104 cm³/mol. The van der Waals surface area contributed by atoms with E-state index in [1.54, 1.807) is 35.3 Å². The monoisotopic (exact) mass is 388 g/mol. The number of carbonyl (C=O) groups excluding carboxylic acids is 1. The van der Waals surface area contributed by atoms with Crippen molar-refractivity contribution >= 4 is 17.4 Å². The molecule has 9 heteroatoms. The largest absolute Gasteiger partial charge is 0.328 e. The second-order valence-electron chi connectivity index (χ2n) is 6.99. The number of benzene rings is 1. The molecule has 0 radical (unpaired) electrons. The lowest BCUT2D eigenvalue weighted by Crippen LogP contribution is -2.31. The molecule has 1 atom stereocenters. The van der Waals surface area contributed by atoms with Gasteiger partial charge in [0, 0.05) is 47.8 Å². The average molecular weight is 388 g/mol. The number of pyridine rings is 1. The van der Waals surface area contributed by atoms with Crippen LogP contribution < -0.4 is 5.32 Å². The number of Topliss-reactive ketones (excluding diaryl/α,β-unsaturated/α-hetero) is 1. The summed E-state index contributed by atoms with van der Waals surface area (Å²) in [6.07, 6.45) is 5.27. The predicted octanol–water partition coefficient (Wildman–Crippen LogP) is 3.27. The molecule has 1 aliphatic heterocycles.